The quantitative estimate of drug-likeness (QED) is 0.675. The van der Waals surface area contributed by atoms with Gasteiger partial charge in [-0.05, 0) is 14.1 Å². The van der Waals surface area contributed by atoms with Crippen molar-refractivity contribution in [3.8, 4) is 0 Å². The van der Waals surface area contributed by atoms with E-state index in [0.717, 1.165) is 18.0 Å². The van der Waals surface area contributed by atoms with Gasteiger partial charge in [0.05, 0.1) is 6.54 Å². The summed E-state index contributed by atoms with van der Waals surface area (Å²) < 4.78 is 4.75. The largest absolute Gasteiger partial charge is 0.483 e. The molecule has 0 saturated carbocycles. The fraction of sp³-hybridized carbons (Fsp3) is 0.583. The van der Waals surface area contributed by atoms with Gasteiger partial charge in [0.15, 0.2) is 0 Å². The second-order valence-electron chi connectivity index (χ2n) is 4.74. The molecule has 1 saturated heterocycles. The second-order valence-corrected chi connectivity index (χ2v) is 5.81. The maximum atomic E-state index is 11.8. The highest BCUT2D eigenvalue weighted by molar-refractivity contribution is 7.15. The van der Waals surface area contributed by atoms with Gasteiger partial charge in [0.25, 0.3) is 6.47 Å². The molecule has 1 aromatic rings. The SMILES string of the molecule is CN(C)CCc1nnc(NC(=O)CN2CCOC2=O)s1.O=CO. The molecule has 1 aliphatic heterocycles. The van der Waals surface area contributed by atoms with Crippen molar-refractivity contribution >= 4 is 34.9 Å². The van der Waals surface area contributed by atoms with E-state index in [1.165, 1.54) is 16.2 Å². The lowest BCUT2D eigenvalue weighted by Crippen LogP contribution is -2.33. The number of nitrogens with zero attached hydrogens (tertiary/aromatic N) is 4. The molecule has 2 rings (SSSR count). The molecule has 23 heavy (non-hydrogen) atoms. The Labute approximate surface area is 137 Å². The van der Waals surface area contributed by atoms with Crippen molar-refractivity contribution in [3.05, 3.63) is 5.01 Å². The highest BCUT2D eigenvalue weighted by Gasteiger charge is 2.24. The normalized spacial score (nSPS) is 13.3. The molecule has 0 aromatic carbocycles. The summed E-state index contributed by atoms with van der Waals surface area (Å²) in [6, 6.07) is 0. The molecule has 1 aliphatic rings. The fourth-order valence-electron chi connectivity index (χ4n) is 1.63. The lowest BCUT2D eigenvalue weighted by atomic mass is 10.4. The maximum absolute atomic E-state index is 11.8. The minimum atomic E-state index is -0.455. The summed E-state index contributed by atoms with van der Waals surface area (Å²) in [4.78, 5) is 34.7. The van der Waals surface area contributed by atoms with Crippen LogP contribution in [-0.4, -0.2) is 83.9 Å². The van der Waals surface area contributed by atoms with E-state index in [4.69, 9.17) is 14.6 Å². The summed E-state index contributed by atoms with van der Waals surface area (Å²) in [5.74, 6) is -0.292. The minimum absolute atomic E-state index is 0.0224. The molecule has 128 valence electrons. The van der Waals surface area contributed by atoms with Gasteiger partial charge in [-0.1, -0.05) is 11.3 Å². The van der Waals surface area contributed by atoms with E-state index in [-0.39, 0.29) is 18.9 Å². The van der Waals surface area contributed by atoms with Crippen LogP contribution >= 0.6 is 11.3 Å². The lowest BCUT2D eigenvalue weighted by Gasteiger charge is -2.10. The van der Waals surface area contributed by atoms with Crippen LogP contribution in [0, 0.1) is 0 Å². The predicted molar refractivity (Wildman–Crippen MR) is 82.4 cm³/mol. The number of cyclic esters (lactones) is 1. The van der Waals surface area contributed by atoms with Gasteiger partial charge < -0.3 is 14.7 Å². The molecule has 1 aromatic heterocycles. The zero-order valence-corrected chi connectivity index (χ0v) is 13.7. The number of amides is 2. The molecular formula is C12H19N5O5S. The van der Waals surface area contributed by atoms with E-state index >= 15 is 0 Å². The average Bonchev–Trinajstić information content (AvgIpc) is 3.07. The lowest BCUT2D eigenvalue weighted by molar-refractivity contribution is -0.123. The number of carboxylic acid groups (broad SMARTS) is 1. The van der Waals surface area contributed by atoms with Crippen LogP contribution in [0.4, 0.5) is 9.93 Å². The second kappa shape index (κ2) is 9.69. The van der Waals surface area contributed by atoms with E-state index < -0.39 is 6.09 Å². The molecule has 11 heteroatoms. The Morgan fingerprint density at radius 1 is 1.52 bits per heavy atom. The molecule has 0 spiro atoms. The van der Waals surface area contributed by atoms with Gasteiger partial charge >= 0.3 is 6.09 Å². The number of hydrogen-bond acceptors (Lipinski definition) is 8. The minimum Gasteiger partial charge on any atom is -0.483 e. The molecule has 0 aliphatic carbocycles. The standard InChI is InChI=1S/C11H17N5O3S.CH2O2/c1-15(2)4-3-9-13-14-10(20-9)12-8(17)7-16-5-6-19-11(16)18;2-1-3/h3-7H2,1-2H3,(H,12,14,17);1H,(H,2,3). The first kappa shape index (κ1) is 18.8. The number of ether oxygens (including phenoxy) is 1. The van der Waals surface area contributed by atoms with E-state index in [1.807, 2.05) is 14.1 Å². The summed E-state index contributed by atoms with van der Waals surface area (Å²) >= 11 is 1.35. The van der Waals surface area contributed by atoms with Crippen LogP contribution in [0.2, 0.25) is 0 Å². The van der Waals surface area contributed by atoms with Crippen LogP contribution in [0.25, 0.3) is 0 Å². The Hall–Kier alpha value is -2.27. The molecule has 0 unspecified atom stereocenters. The predicted octanol–water partition coefficient (Wildman–Crippen LogP) is -0.266. The maximum Gasteiger partial charge on any atom is 0.410 e. The van der Waals surface area contributed by atoms with E-state index in [9.17, 15) is 9.59 Å². The number of carbonyl (C=O) groups is 3. The fourth-order valence-corrected chi connectivity index (χ4v) is 2.37. The molecule has 1 fully saturated rings. The van der Waals surface area contributed by atoms with Gasteiger partial charge in [-0.25, -0.2) is 4.79 Å². The van der Waals surface area contributed by atoms with Crippen LogP contribution in [-0.2, 0) is 20.7 Å². The molecule has 2 amide bonds. The van der Waals surface area contributed by atoms with Gasteiger partial charge in [0.2, 0.25) is 11.0 Å². The van der Waals surface area contributed by atoms with Gasteiger partial charge in [0, 0.05) is 13.0 Å². The third-order valence-corrected chi connectivity index (χ3v) is 3.56. The Morgan fingerprint density at radius 2 is 2.22 bits per heavy atom. The van der Waals surface area contributed by atoms with Crippen molar-refractivity contribution in [2.45, 2.75) is 6.42 Å². The van der Waals surface area contributed by atoms with Crippen molar-refractivity contribution in [1.82, 2.24) is 20.0 Å². The summed E-state index contributed by atoms with van der Waals surface area (Å²) in [5.41, 5.74) is 0. The van der Waals surface area contributed by atoms with Crippen molar-refractivity contribution in [1.29, 1.82) is 0 Å². The van der Waals surface area contributed by atoms with E-state index in [2.05, 4.69) is 20.4 Å². The summed E-state index contributed by atoms with van der Waals surface area (Å²) in [6.45, 7) is 1.38. The Morgan fingerprint density at radius 3 is 2.78 bits per heavy atom. The third-order valence-electron chi connectivity index (χ3n) is 2.67. The highest BCUT2D eigenvalue weighted by atomic mass is 32.1. The van der Waals surface area contributed by atoms with Crippen molar-refractivity contribution < 1.29 is 24.2 Å². The third kappa shape index (κ3) is 7.02. The van der Waals surface area contributed by atoms with E-state index in [0.29, 0.717) is 18.3 Å². The van der Waals surface area contributed by atoms with Crippen molar-refractivity contribution in [3.63, 3.8) is 0 Å². The topological polar surface area (TPSA) is 125 Å². The molecule has 0 bridgehead atoms. The van der Waals surface area contributed by atoms with Gasteiger partial charge in [0.1, 0.15) is 18.2 Å². The van der Waals surface area contributed by atoms with Gasteiger partial charge in [-0.3, -0.25) is 19.8 Å². The Kier molecular flexibility index (Phi) is 7.91. The van der Waals surface area contributed by atoms with Crippen molar-refractivity contribution in [2.75, 3.05) is 45.7 Å². The first-order chi connectivity index (χ1) is 11.0. The molecular weight excluding hydrogens is 326 g/mol. The zero-order chi connectivity index (χ0) is 17.2. The smallest absolute Gasteiger partial charge is 0.410 e. The molecule has 2 N–H and O–H groups in total. The van der Waals surface area contributed by atoms with Crippen LogP contribution in [0.5, 0.6) is 0 Å². The first-order valence-corrected chi connectivity index (χ1v) is 7.54. The zero-order valence-electron chi connectivity index (χ0n) is 12.9. The number of carbonyl (C=O) groups excluding carboxylic acids is 2. The van der Waals surface area contributed by atoms with Gasteiger partial charge in [-0.15, -0.1) is 10.2 Å². The number of aromatic nitrogens is 2. The number of hydrogen-bond donors (Lipinski definition) is 2. The van der Waals surface area contributed by atoms with Crippen molar-refractivity contribution in [2.24, 2.45) is 0 Å². The molecule has 10 nitrogen and oxygen atoms in total. The molecule has 0 radical (unpaired) electrons. The number of likely N-dealkylation sites (N-methyl/N-ethyl adjacent to an activating group) is 1. The average molecular weight is 345 g/mol. The van der Waals surface area contributed by atoms with Crippen LogP contribution < -0.4 is 5.32 Å². The Balaban J connectivity index is 0.000000816. The van der Waals surface area contributed by atoms with E-state index in [1.54, 1.807) is 0 Å². The van der Waals surface area contributed by atoms with Crippen LogP contribution in [0.15, 0.2) is 0 Å². The Bertz CT molecular complexity index is 536. The highest BCUT2D eigenvalue weighted by Crippen LogP contribution is 2.16. The summed E-state index contributed by atoms with van der Waals surface area (Å²) in [5, 5.41) is 18.8. The summed E-state index contributed by atoms with van der Waals surface area (Å²) in [6.07, 6.45) is 0.336. The number of rotatable bonds is 6. The number of anilines is 1. The van der Waals surface area contributed by atoms with Gasteiger partial charge in [-0.2, -0.15) is 0 Å². The molecule has 2 heterocycles. The monoisotopic (exact) mass is 345 g/mol. The van der Waals surface area contributed by atoms with Crippen LogP contribution in [0.3, 0.4) is 0 Å². The molecule has 0 atom stereocenters. The number of nitrogens with one attached hydrogen (secondary N) is 1. The summed E-state index contributed by atoms with van der Waals surface area (Å²) in [7, 11) is 3.97. The first-order valence-electron chi connectivity index (χ1n) is 6.72. The van der Waals surface area contributed by atoms with Crippen LogP contribution in [0.1, 0.15) is 5.01 Å².